The highest BCUT2D eigenvalue weighted by atomic mass is 15.4. The first-order valence-corrected chi connectivity index (χ1v) is 8.90. The van der Waals surface area contributed by atoms with Gasteiger partial charge in [0.25, 0.3) is 0 Å². The first-order chi connectivity index (χ1) is 11.2. The van der Waals surface area contributed by atoms with Gasteiger partial charge in [-0.25, -0.2) is 0 Å². The van der Waals surface area contributed by atoms with Crippen LogP contribution in [0.5, 0.6) is 0 Å². The predicted octanol–water partition coefficient (Wildman–Crippen LogP) is 2.18. The van der Waals surface area contributed by atoms with Crippen LogP contribution in [0.15, 0.2) is 24.3 Å². The van der Waals surface area contributed by atoms with Crippen LogP contribution in [-0.2, 0) is 7.05 Å². The standard InChI is InChI=1S/C18H27N5/c1-14-13-22(12-10-19-14)17-9-5-6-11-23(17)18-15-7-3-4-8-16(15)21(2)20-18/h3-4,7-8,14,17,19H,5-6,9-13H2,1-2H3. The number of aryl methyl sites for hydroxylation is 1. The Kier molecular flexibility index (Phi) is 3.99. The molecule has 2 aliphatic heterocycles. The van der Waals surface area contributed by atoms with E-state index in [4.69, 9.17) is 5.10 Å². The molecule has 23 heavy (non-hydrogen) atoms. The number of nitrogens with zero attached hydrogens (tertiary/aromatic N) is 4. The second-order valence-corrected chi connectivity index (χ2v) is 6.98. The monoisotopic (exact) mass is 313 g/mol. The number of nitrogens with one attached hydrogen (secondary N) is 1. The molecule has 0 bridgehead atoms. The summed E-state index contributed by atoms with van der Waals surface area (Å²) in [5.74, 6) is 1.17. The topological polar surface area (TPSA) is 36.3 Å². The molecule has 0 aliphatic carbocycles. The second-order valence-electron chi connectivity index (χ2n) is 6.98. The first kappa shape index (κ1) is 15.0. The average Bonchev–Trinajstić information content (AvgIpc) is 2.92. The van der Waals surface area contributed by atoms with Gasteiger partial charge in [-0.05, 0) is 38.3 Å². The Bertz CT molecular complexity index is 679. The lowest BCUT2D eigenvalue weighted by Gasteiger charge is -2.45. The molecule has 2 unspecified atom stereocenters. The molecule has 0 spiro atoms. The minimum absolute atomic E-state index is 0.492. The number of rotatable bonds is 2. The average molecular weight is 313 g/mol. The Hall–Kier alpha value is -1.59. The Labute approximate surface area is 138 Å². The highest BCUT2D eigenvalue weighted by molar-refractivity contribution is 5.90. The first-order valence-electron chi connectivity index (χ1n) is 8.90. The molecule has 1 aromatic heterocycles. The summed E-state index contributed by atoms with van der Waals surface area (Å²) in [6.45, 7) is 6.76. The van der Waals surface area contributed by atoms with Gasteiger partial charge in [-0.2, -0.15) is 5.10 Å². The maximum atomic E-state index is 4.88. The van der Waals surface area contributed by atoms with E-state index in [0.29, 0.717) is 12.2 Å². The van der Waals surface area contributed by atoms with Crippen LogP contribution in [-0.4, -0.2) is 53.1 Å². The Balaban J connectivity index is 1.69. The van der Waals surface area contributed by atoms with E-state index in [2.05, 4.69) is 53.4 Å². The number of aromatic nitrogens is 2. The molecule has 124 valence electrons. The van der Waals surface area contributed by atoms with Gasteiger partial charge in [0.2, 0.25) is 0 Å². The maximum Gasteiger partial charge on any atom is 0.159 e. The molecule has 0 radical (unpaired) electrons. The van der Waals surface area contributed by atoms with Crippen LogP contribution in [0.2, 0.25) is 0 Å². The lowest BCUT2D eigenvalue weighted by atomic mass is 10.0. The van der Waals surface area contributed by atoms with Crippen molar-refractivity contribution in [3.63, 3.8) is 0 Å². The summed E-state index contributed by atoms with van der Waals surface area (Å²) >= 11 is 0. The van der Waals surface area contributed by atoms with E-state index in [1.54, 1.807) is 0 Å². The SMILES string of the molecule is CC1CN(C2CCCCN2c2nn(C)c3ccccc23)CCN1. The summed E-state index contributed by atoms with van der Waals surface area (Å²) in [5.41, 5.74) is 1.22. The normalized spacial score (nSPS) is 26.8. The van der Waals surface area contributed by atoms with E-state index in [1.807, 2.05) is 4.68 Å². The van der Waals surface area contributed by atoms with Crippen molar-refractivity contribution in [2.45, 2.75) is 38.4 Å². The molecule has 2 atom stereocenters. The molecule has 0 amide bonds. The summed E-state index contributed by atoms with van der Waals surface area (Å²) in [4.78, 5) is 5.22. The minimum atomic E-state index is 0.492. The van der Waals surface area contributed by atoms with Crippen LogP contribution in [0.25, 0.3) is 10.9 Å². The number of anilines is 1. The van der Waals surface area contributed by atoms with Gasteiger partial charge in [-0.3, -0.25) is 9.58 Å². The zero-order valence-corrected chi connectivity index (χ0v) is 14.2. The fourth-order valence-corrected chi connectivity index (χ4v) is 4.18. The van der Waals surface area contributed by atoms with Gasteiger partial charge in [0.05, 0.1) is 11.7 Å². The fourth-order valence-electron chi connectivity index (χ4n) is 4.18. The highest BCUT2D eigenvalue weighted by Gasteiger charge is 2.32. The van der Waals surface area contributed by atoms with Crippen LogP contribution < -0.4 is 10.2 Å². The van der Waals surface area contributed by atoms with E-state index in [-0.39, 0.29) is 0 Å². The molecule has 2 saturated heterocycles. The smallest absolute Gasteiger partial charge is 0.159 e. The molecule has 2 fully saturated rings. The quantitative estimate of drug-likeness (QED) is 0.922. The van der Waals surface area contributed by atoms with Crippen molar-refractivity contribution < 1.29 is 0 Å². The van der Waals surface area contributed by atoms with Crippen LogP contribution in [0, 0.1) is 0 Å². The molecule has 0 saturated carbocycles. The predicted molar refractivity (Wildman–Crippen MR) is 94.7 cm³/mol. The van der Waals surface area contributed by atoms with Gasteiger partial charge in [-0.1, -0.05) is 12.1 Å². The van der Waals surface area contributed by atoms with Crippen LogP contribution in [0.4, 0.5) is 5.82 Å². The number of piperidine rings is 1. The van der Waals surface area contributed by atoms with Crippen molar-refractivity contribution in [1.29, 1.82) is 0 Å². The van der Waals surface area contributed by atoms with Gasteiger partial charge >= 0.3 is 0 Å². The highest BCUT2D eigenvalue weighted by Crippen LogP contribution is 2.32. The number of piperazine rings is 1. The third-order valence-corrected chi connectivity index (χ3v) is 5.30. The molecule has 3 heterocycles. The van der Waals surface area contributed by atoms with E-state index in [9.17, 15) is 0 Å². The maximum absolute atomic E-state index is 4.88. The van der Waals surface area contributed by atoms with Crippen LogP contribution in [0.1, 0.15) is 26.2 Å². The summed E-state index contributed by atoms with van der Waals surface area (Å²) in [6, 6.07) is 9.17. The molecule has 2 aliphatic rings. The van der Waals surface area contributed by atoms with E-state index in [1.165, 1.54) is 36.0 Å². The van der Waals surface area contributed by atoms with Crippen molar-refractivity contribution in [2.24, 2.45) is 7.05 Å². The van der Waals surface area contributed by atoms with Gasteiger partial charge in [0.1, 0.15) is 0 Å². The van der Waals surface area contributed by atoms with E-state index >= 15 is 0 Å². The summed E-state index contributed by atoms with van der Waals surface area (Å²) < 4.78 is 2.02. The molecular weight excluding hydrogens is 286 g/mol. The Morgan fingerprint density at radius 2 is 2.04 bits per heavy atom. The lowest BCUT2D eigenvalue weighted by molar-refractivity contribution is 0.125. The third-order valence-electron chi connectivity index (χ3n) is 5.30. The van der Waals surface area contributed by atoms with Gasteiger partial charge in [-0.15, -0.1) is 0 Å². The zero-order valence-electron chi connectivity index (χ0n) is 14.2. The number of fused-ring (bicyclic) bond motifs is 1. The molecule has 1 aromatic carbocycles. The van der Waals surface area contributed by atoms with Crippen molar-refractivity contribution in [2.75, 3.05) is 31.1 Å². The van der Waals surface area contributed by atoms with Crippen molar-refractivity contribution in [3.05, 3.63) is 24.3 Å². The summed E-state index contributed by atoms with van der Waals surface area (Å²) in [6.07, 6.45) is 4.33. The van der Waals surface area contributed by atoms with Gasteiger partial charge < -0.3 is 10.2 Å². The number of hydrogen-bond acceptors (Lipinski definition) is 4. The fraction of sp³-hybridized carbons (Fsp3) is 0.611. The molecule has 4 rings (SSSR count). The Morgan fingerprint density at radius 1 is 1.17 bits per heavy atom. The summed E-state index contributed by atoms with van der Waals surface area (Å²) in [7, 11) is 2.05. The third kappa shape index (κ3) is 2.72. The minimum Gasteiger partial charge on any atom is -0.339 e. The van der Waals surface area contributed by atoms with Gasteiger partial charge in [0, 0.05) is 44.7 Å². The van der Waals surface area contributed by atoms with Crippen molar-refractivity contribution in [1.82, 2.24) is 20.0 Å². The van der Waals surface area contributed by atoms with Crippen molar-refractivity contribution >= 4 is 16.7 Å². The van der Waals surface area contributed by atoms with Crippen LogP contribution >= 0.6 is 0 Å². The number of hydrogen-bond donors (Lipinski definition) is 1. The van der Waals surface area contributed by atoms with Gasteiger partial charge in [0.15, 0.2) is 5.82 Å². The van der Waals surface area contributed by atoms with E-state index in [0.717, 1.165) is 26.2 Å². The molecule has 5 nitrogen and oxygen atoms in total. The lowest BCUT2D eigenvalue weighted by Crippen LogP contribution is -2.59. The van der Waals surface area contributed by atoms with Crippen molar-refractivity contribution in [3.8, 4) is 0 Å². The Morgan fingerprint density at radius 3 is 2.91 bits per heavy atom. The summed E-state index contributed by atoms with van der Waals surface area (Å²) in [5, 5.41) is 9.72. The zero-order chi connectivity index (χ0) is 15.8. The largest absolute Gasteiger partial charge is 0.339 e. The molecule has 1 N–H and O–H groups in total. The number of benzene rings is 1. The number of para-hydroxylation sites is 1. The van der Waals surface area contributed by atoms with Crippen LogP contribution in [0.3, 0.4) is 0 Å². The molecular formula is C18H27N5. The molecule has 2 aromatic rings. The second kappa shape index (κ2) is 6.13. The molecule has 5 heteroatoms. The van der Waals surface area contributed by atoms with E-state index < -0.39 is 0 Å².